The molecule has 1 saturated heterocycles. The summed E-state index contributed by atoms with van der Waals surface area (Å²) in [5.74, 6) is 1.09. The number of rotatable bonds is 8. The summed E-state index contributed by atoms with van der Waals surface area (Å²) in [5.41, 5.74) is 0. The Kier molecular flexibility index (Phi) is 7.58. The molecule has 2 aromatic rings. The number of ether oxygens (including phenoxy) is 2. The van der Waals surface area contributed by atoms with E-state index >= 15 is 0 Å². The highest BCUT2D eigenvalue weighted by Gasteiger charge is 2.31. The van der Waals surface area contributed by atoms with Crippen LogP contribution >= 0.6 is 11.6 Å². The van der Waals surface area contributed by atoms with Gasteiger partial charge in [0.1, 0.15) is 18.1 Å². The van der Waals surface area contributed by atoms with Crippen molar-refractivity contribution in [3.8, 4) is 11.5 Å². The van der Waals surface area contributed by atoms with E-state index in [-0.39, 0.29) is 16.7 Å². The molecule has 1 aliphatic heterocycles. The first-order valence-electron chi connectivity index (χ1n) is 9.70. The van der Waals surface area contributed by atoms with Crippen LogP contribution in [0.5, 0.6) is 11.5 Å². The predicted octanol–water partition coefficient (Wildman–Crippen LogP) is 2.94. The maximum atomic E-state index is 12.7. The van der Waals surface area contributed by atoms with E-state index in [0.717, 1.165) is 0 Å². The van der Waals surface area contributed by atoms with Crippen molar-refractivity contribution in [2.75, 3.05) is 33.4 Å². The molecule has 1 amide bonds. The van der Waals surface area contributed by atoms with E-state index in [2.05, 4.69) is 5.32 Å². The average molecular weight is 453 g/mol. The van der Waals surface area contributed by atoms with Gasteiger partial charge >= 0.3 is 0 Å². The number of hydrogen-bond acceptors (Lipinski definition) is 5. The maximum absolute atomic E-state index is 12.7. The molecule has 0 atom stereocenters. The van der Waals surface area contributed by atoms with E-state index in [4.69, 9.17) is 21.1 Å². The van der Waals surface area contributed by atoms with Crippen LogP contribution in [0.2, 0.25) is 5.02 Å². The zero-order chi connectivity index (χ0) is 21.6. The minimum Gasteiger partial charge on any atom is -0.497 e. The summed E-state index contributed by atoms with van der Waals surface area (Å²) in [6, 6.07) is 13.4. The van der Waals surface area contributed by atoms with Crippen LogP contribution in [0.1, 0.15) is 12.8 Å². The molecule has 1 heterocycles. The van der Waals surface area contributed by atoms with Gasteiger partial charge in [-0.2, -0.15) is 4.31 Å². The molecule has 0 bridgehead atoms. The van der Waals surface area contributed by atoms with Crippen molar-refractivity contribution in [1.29, 1.82) is 0 Å². The van der Waals surface area contributed by atoms with Crippen molar-refractivity contribution in [3.05, 3.63) is 53.6 Å². The number of amides is 1. The van der Waals surface area contributed by atoms with Gasteiger partial charge < -0.3 is 14.8 Å². The van der Waals surface area contributed by atoms with Gasteiger partial charge in [0.15, 0.2) is 0 Å². The van der Waals surface area contributed by atoms with Crippen LogP contribution in [-0.2, 0) is 14.8 Å². The largest absolute Gasteiger partial charge is 0.497 e. The Morgan fingerprint density at radius 3 is 2.47 bits per heavy atom. The lowest BCUT2D eigenvalue weighted by molar-refractivity contribution is -0.126. The lowest BCUT2D eigenvalue weighted by Crippen LogP contribution is -2.43. The van der Waals surface area contributed by atoms with Gasteiger partial charge in [-0.25, -0.2) is 8.42 Å². The molecule has 9 heteroatoms. The molecule has 3 rings (SSSR count). The van der Waals surface area contributed by atoms with Gasteiger partial charge in [-0.05, 0) is 49.2 Å². The number of nitrogens with zero attached hydrogens (tertiary/aromatic N) is 1. The molecule has 30 heavy (non-hydrogen) atoms. The summed E-state index contributed by atoms with van der Waals surface area (Å²) in [4.78, 5) is 12.6. The van der Waals surface area contributed by atoms with Crippen LogP contribution in [0.25, 0.3) is 0 Å². The highest BCUT2D eigenvalue weighted by Crippen LogP contribution is 2.25. The quantitative estimate of drug-likeness (QED) is 0.622. The van der Waals surface area contributed by atoms with E-state index in [1.165, 1.54) is 16.4 Å². The number of halogens is 1. The molecule has 0 unspecified atom stereocenters. The minimum atomic E-state index is -3.57. The number of benzene rings is 2. The SMILES string of the molecule is COc1cccc(OCCNC(=O)C2CCN(S(=O)(=O)c3ccc(Cl)cc3)CC2)c1. The summed E-state index contributed by atoms with van der Waals surface area (Å²) in [6.07, 6.45) is 0.963. The van der Waals surface area contributed by atoms with Crippen LogP contribution in [0.3, 0.4) is 0 Å². The molecule has 2 aromatic carbocycles. The fourth-order valence-corrected chi connectivity index (χ4v) is 4.89. The number of methoxy groups -OCH3 is 1. The Labute approximate surface area is 182 Å². The molecule has 0 spiro atoms. The number of carbonyl (C=O) groups excluding carboxylic acids is 1. The number of piperidine rings is 1. The van der Waals surface area contributed by atoms with Gasteiger partial charge in [-0.1, -0.05) is 17.7 Å². The third-order valence-corrected chi connectivity index (χ3v) is 7.15. The zero-order valence-electron chi connectivity index (χ0n) is 16.7. The molecule has 1 aliphatic rings. The second-order valence-corrected chi connectivity index (χ2v) is 9.33. The monoisotopic (exact) mass is 452 g/mol. The van der Waals surface area contributed by atoms with E-state index in [0.29, 0.717) is 55.6 Å². The van der Waals surface area contributed by atoms with Gasteiger partial charge in [0, 0.05) is 30.1 Å². The van der Waals surface area contributed by atoms with Gasteiger partial charge in [0.2, 0.25) is 15.9 Å². The van der Waals surface area contributed by atoms with Crippen LogP contribution in [0.15, 0.2) is 53.4 Å². The van der Waals surface area contributed by atoms with Crippen LogP contribution in [-0.4, -0.2) is 52.0 Å². The Morgan fingerprint density at radius 2 is 1.80 bits per heavy atom. The van der Waals surface area contributed by atoms with Gasteiger partial charge in [-0.15, -0.1) is 0 Å². The molecule has 7 nitrogen and oxygen atoms in total. The predicted molar refractivity (Wildman–Crippen MR) is 114 cm³/mol. The van der Waals surface area contributed by atoms with Crippen molar-refractivity contribution in [2.24, 2.45) is 5.92 Å². The molecular weight excluding hydrogens is 428 g/mol. The fraction of sp³-hybridized carbons (Fsp3) is 0.381. The topological polar surface area (TPSA) is 84.9 Å². The molecule has 0 aromatic heterocycles. The average Bonchev–Trinajstić information content (AvgIpc) is 2.77. The van der Waals surface area contributed by atoms with Crippen molar-refractivity contribution < 1.29 is 22.7 Å². The Bertz CT molecular complexity index is 958. The fourth-order valence-electron chi connectivity index (χ4n) is 3.29. The number of sulfonamides is 1. The minimum absolute atomic E-state index is 0.0761. The lowest BCUT2D eigenvalue weighted by atomic mass is 9.97. The summed E-state index contributed by atoms with van der Waals surface area (Å²) >= 11 is 5.83. The van der Waals surface area contributed by atoms with E-state index in [1.807, 2.05) is 18.2 Å². The van der Waals surface area contributed by atoms with Gasteiger partial charge in [0.25, 0.3) is 0 Å². The first-order valence-corrected chi connectivity index (χ1v) is 11.5. The van der Waals surface area contributed by atoms with E-state index < -0.39 is 10.0 Å². The molecule has 0 radical (unpaired) electrons. The second kappa shape index (κ2) is 10.1. The molecule has 162 valence electrons. The summed E-state index contributed by atoms with van der Waals surface area (Å²) in [6.45, 7) is 1.33. The maximum Gasteiger partial charge on any atom is 0.243 e. The highest BCUT2D eigenvalue weighted by molar-refractivity contribution is 7.89. The number of hydrogen-bond donors (Lipinski definition) is 1. The van der Waals surface area contributed by atoms with Crippen LogP contribution < -0.4 is 14.8 Å². The van der Waals surface area contributed by atoms with Crippen LogP contribution in [0, 0.1) is 5.92 Å². The molecule has 1 fully saturated rings. The first kappa shape index (κ1) is 22.4. The third-order valence-electron chi connectivity index (χ3n) is 4.99. The van der Waals surface area contributed by atoms with Gasteiger partial charge in [-0.3, -0.25) is 4.79 Å². The second-order valence-electron chi connectivity index (χ2n) is 6.95. The number of carbonyl (C=O) groups is 1. The summed E-state index contributed by atoms with van der Waals surface area (Å²) in [7, 11) is -1.98. The molecule has 0 saturated carbocycles. The Hall–Kier alpha value is -2.29. The summed E-state index contributed by atoms with van der Waals surface area (Å²) in [5, 5.41) is 3.35. The highest BCUT2D eigenvalue weighted by atomic mass is 35.5. The van der Waals surface area contributed by atoms with E-state index in [9.17, 15) is 13.2 Å². The van der Waals surface area contributed by atoms with Crippen molar-refractivity contribution in [1.82, 2.24) is 9.62 Å². The smallest absolute Gasteiger partial charge is 0.243 e. The normalized spacial score (nSPS) is 15.5. The molecule has 1 N–H and O–H groups in total. The van der Waals surface area contributed by atoms with Crippen LogP contribution in [0.4, 0.5) is 0 Å². The van der Waals surface area contributed by atoms with Gasteiger partial charge in [0.05, 0.1) is 18.6 Å². The Morgan fingerprint density at radius 1 is 1.13 bits per heavy atom. The lowest BCUT2D eigenvalue weighted by Gasteiger charge is -2.30. The molecular formula is C21H25ClN2O5S. The van der Waals surface area contributed by atoms with E-state index in [1.54, 1.807) is 25.3 Å². The molecule has 0 aliphatic carbocycles. The number of nitrogens with one attached hydrogen (secondary N) is 1. The summed E-state index contributed by atoms with van der Waals surface area (Å²) < 4.78 is 37.6. The first-order chi connectivity index (χ1) is 14.4. The zero-order valence-corrected chi connectivity index (χ0v) is 18.3. The standard InChI is InChI=1S/C21H25ClN2O5S/c1-28-18-3-2-4-19(15-18)29-14-11-23-21(25)16-9-12-24(13-10-16)30(26,27)20-7-5-17(22)6-8-20/h2-8,15-16H,9-14H2,1H3,(H,23,25). The van der Waals surface area contributed by atoms with Crippen molar-refractivity contribution >= 4 is 27.5 Å². The van der Waals surface area contributed by atoms with Crippen molar-refractivity contribution in [3.63, 3.8) is 0 Å². The third kappa shape index (κ3) is 5.65. The van der Waals surface area contributed by atoms with Crippen molar-refractivity contribution in [2.45, 2.75) is 17.7 Å². The Balaban J connectivity index is 1.43.